The molecule has 3 atom stereocenters. The van der Waals surface area contributed by atoms with Crippen molar-refractivity contribution in [2.75, 3.05) is 0 Å². The summed E-state index contributed by atoms with van der Waals surface area (Å²) in [5, 5.41) is 0. The molecule has 2 aliphatic rings. The van der Waals surface area contributed by atoms with Crippen LogP contribution in [-0.2, 0) is 25.7 Å². The van der Waals surface area contributed by atoms with Gasteiger partial charge in [0.1, 0.15) is 0 Å². The lowest BCUT2D eigenvalue weighted by atomic mass is 9.98. The highest BCUT2D eigenvalue weighted by Gasteiger charge is 2.45. The molecule has 1 aromatic carbocycles. The van der Waals surface area contributed by atoms with Crippen LogP contribution in [0.2, 0.25) is 0 Å². The molecule has 2 saturated heterocycles. The second kappa shape index (κ2) is 6.48. The number of carbonyl (C=O) groups excluding carboxylic acids is 2. The molecule has 2 aliphatic heterocycles. The Morgan fingerprint density at radius 1 is 1.23 bits per heavy atom. The number of esters is 1. The van der Waals surface area contributed by atoms with Crippen molar-refractivity contribution < 1.29 is 19.1 Å². The molecular weight excluding hydrogens is 282 g/mol. The van der Waals surface area contributed by atoms with E-state index in [4.69, 9.17) is 9.47 Å². The summed E-state index contributed by atoms with van der Waals surface area (Å²) in [5.74, 6) is -0.279. The molecule has 0 N–H and O–H groups in total. The lowest BCUT2D eigenvalue weighted by molar-refractivity contribution is -0.169. The molecule has 0 spiro atoms. The largest absolute Gasteiger partial charge is 0.442 e. The predicted molar refractivity (Wildman–Crippen MR) is 79.7 cm³/mol. The van der Waals surface area contributed by atoms with Crippen LogP contribution in [0.4, 0.5) is 0 Å². The normalized spacial score (nSPS) is 27.6. The molecule has 1 unspecified atom stereocenters. The highest BCUT2D eigenvalue weighted by Crippen LogP contribution is 2.35. The van der Waals surface area contributed by atoms with Gasteiger partial charge in [0.2, 0.25) is 5.91 Å². The van der Waals surface area contributed by atoms with Crippen LogP contribution in [-0.4, -0.2) is 35.2 Å². The van der Waals surface area contributed by atoms with Crippen molar-refractivity contribution in [3.63, 3.8) is 0 Å². The van der Waals surface area contributed by atoms with E-state index in [0.717, 1.165) is 18.4 Å². The zero-order chi connectivity index (χ0) is 15.5. The molecule has 2 fully saturated rings. The molecule has 0 aromatic heterocycles. The molecule has 5 heteroatoms. The van der Waals surface area contributed by atoms with Gasteiger partial charge in [0.15, 0.2) is 6.23 Å². The Morgan fingerprint density at radius 3 is 2.73 bits per heavy atom. The highest BCUT2D eigenvalue weighted by atomic mass is 16.6. The van der Waals surface area contributed by atoms with Gasteiger partial charge < -0.3 is 14.4 Å². The van der Waals surface area contributed by atoms with Crippen molar-refractivity contribution in [3.05, 3.63) is 35.9 Å². The number of hydrogen-bond acceptors (Lipinski definition) is 4. The second-order valence-corrected chi connectivity index (χ2v) is 5.88. The number of fused-ring (bicyclic) bond motifs is 1. The SMILES string of the molecule is CC(=O)OC1CC[C@H]2[C@H](OCc3ccccc3)CCC(=O)N12. The van der Waals surface area contributed by atoms with Gasteiger partial charge in [-0.2, -0.15) is 0 Å². The first-order valence-electron chi connectivity index (χ1n) is 7.79. The third kappa shape index (κ3) is 3.14. The number of amides is 1. The molecule has 1 aromatic rings. The van der Waals surface area contributed by atoms with Crippen molar-refractivity contribution in [1.29, 1.82) is 0 Å². The number of hydrogen-bond donors (Lipinski definition) is 0. The Balaban J connectivity index is 1.64. The first-order chi connectivity index (χ1) is 10.6. The van der Waals surface area contributed by atoms with Crippen LogP contribution in [0.15, 0.2) is 30.3 Å². The molecule has 1 amide bonds. The molecular formula is C17H21NO4. The number of carbonyl (C=O) groups is 2. The Morgan fingerprint density at radius 2 is 2.00 bits per heavy atom. The van der Waals surface area contributed by atoms with Crippen LogP contribution in [0, 0.1) is 0 Å². The molecule has 22 heavy (non-hydrogen) atoms. The number of rotatable bonds is 4. The minimum absolute atomic E-state index is 0.0125. The first-order valence-corrected chi connectivity index (χ1v) is 7.79. The van der Waals surface area contributed by atoms with Crippen molar-refractivity contribution in [1.82, 2.24) is 4.90 Å². The molecule has 0 radical (unpaired) electrons. The maximum atomic E-state index is 12.2. The minimum Gasteiger partial charge on any atom is -0.442 e. The molecule has 5 nitrogen and oxygen atoms in total. The molecule has 2 heterocycles. The number of ether oxygens (including phenoxy) is 2. The van der Waals surface area contributed by atoms with Gasteiger partial charge in [-0.1, -0.05) is 30.3 Å². The van der Waals surface area contributed by atoms with E-state index in [0.29, 0.717) is 19.4 Å². The zero-order valence-corrected chi connectivity index (χ0v) is 12.7. The van der Waals surface area contributed by atoms with Gasteiger partial charge >= 0.3 is 5.97 Å². The van der Waals surface area contributed by atoms with Crippen molar-refractivity contribution in [2.24, 2.45) is 0 Å². The third-order valence-electron chi connectivity index (χ3n) is 4.35. The van der Waals surface area contributed by atoms with Crippen LogP contribution < -0.4 is 0 Å². The van der Waals surface area contributed by atoms with E-state index in [1.54, 1.807) is 4.90 Å². The Kier molecular flexibility index (Phi) is 4.43. The summed E-state index contributed by atoms with van der Waals surface area (Å²) in [5.41, 5.74) is 1.13. The quantitative estimate of drug-likeness (QED) is 0.801. The lowest BCUT2D eigenvalue weighted by Crippen LogP contribution is -2.52. The van der Waals surface area contributed by atoms with Crippen molar-refractivity contribution in [3.8, 4) is 0 Å². The lowest BCUT2D eigenvalue weighted by Gasteiger charge is -2.38. The minimum atomic E-state index is -0.418. The average Bonchev–Trinajstić information content (AvgIpc) is 2.92. The summed E-state index contributed by atoms with van der Waals surface area (Å²) >= 11 is 0. The van der Waals surface area contributed by atoms with Gasteiger partial charge in [-0.3, -0.25) is 9.59 Å². The monoisotopic (exact) mass is 303 g/mol. The van der Waals surface area contributed by atoms with E-state index < -0.39 is 6.23 Å². The molecule has 0 bridgehead atoms. The van der Waals surface area contributed by atoms with E-state index >= 15 is 0 Å². The fourth-order valence-corrected chi connectivity index (χ4v) is 3.38. The van der Waals surface area contributed by atoms with Crippen molar-refractivity contribution in [2.45, 2.75) is 57.6 Å². The van der Waals surface area contributed by atoms with Gasteiger partial charge in [-0.05, 0) is 18.4 Å². The Hall–Kier alpha value is -1.88. The first kappa shape index (κ1) is 15.0. The van der Waals surface area contributed by atoms with E-state index in [-0.39, 0.29) is 24.0 Å². The van der Waals surface area contributed by atoms with E-state index in [1.165, 1.54) is 6.92 Å². The fourth-order valence-electron chi connectivity index (χ4n) is 3.38. The standard InChI is InChI=1S/C17H21NO4/c1-12(19)22-17-10-7-14-15(8-9-16(20)18(14)17)21-11-13-5-3-2-4-6-13/h2-6,14-15,17H,7-11H2,1H3/t14-,15+,17?/m0/s1. The van der Waals surface area contributed by atoms with E-state index in [1.807, 2.05) is 30.3 Å². The topological polar surface area (TPSA) is 55.8 Å². The van der Waals surface area contributed by atoms with Crippen LogP contribution in [0.1, 0.15) is 38.2 Å². The maximum absolute atomic E-state index is 12.2. The summed E-state index contributed by atoms with van der Waals surface area (Å²) in [6.45, 7) is 1.92. The van der Waals surface area contributed by atoms with Gasteiger partial charge in [0, 0.05) is 19.8 Å². The molecule has 3 rings (SSSR count). The van der Waals surface area contributed by atoms with Crippen LogP contribution in [0.5, 0.6) is 0 Å². The summed E-state index contributed by atoms with van der Waals surface area (Å²) in [4.78, 5) is 25.1. The van der Waals surface area contributed by atoms with E-state index in [2.05, 4.69) is 0 Å². The van der Waals surface area contributed by atoms with Gasteiger partial charge in [-0.15, -0.1) is 0 Å². The summed E-state index contributed by atoms with van der Waals surface area (Å²) < 4.78 is 11.3. The Labute approximate surface area is 130 Å². The highest BCUT2D eigenvalue weighted by molar-refractivity contribution is 5.78. The number of benzene rings is 1. The molecule has 118 valence electrons. The molecule has 0 saturated carbocycles. The van der Waals surface area contributed by atoms with Gasteiger partial charge in [0.05, 0.1) is 18.8 Å². The van der Waals surface area contributed by atoms with Crippen LogP contribution in [0.25, 0.3) is 0 Å². The van der Waals surface area contributed by atoms with Gasteiger partial charge in [-0.25, -0.2) is 0 Å². The zero-order valence-electron chi connectivity index (χ0n) is 12.7. The smallest absolute Gasteiger partial charge is 0.304 e. The Bertz CT molecular complexity index is 545. The van der Waals surface area contributed by atoms with Crippen LogP contribution in [0.3, 0.4) is 0 Å². The number of nitrogens with zero attached hydrogens (tertiary/aromatic N) is 1. The summed E-state index contributed by atoms with van der Waals surface area (Å²) in [6, 6.07) is 10.0. The summed E-state index contributed by atoms with van der Waals surface area (Å²) in [7, 11) is 0. The maximum Gasteiger partial charge on any atom is 0.304 e. The fraction of sp³-hybridized carbons (Fsp3) is 0.529. The second-order valence-electron chi connectivity index (χ2n) is 5.88. The third-order valence-corrected chi connectivity index (χ3v) is 4.35. The van der Waals surface area contributed by atoms with Crippen molar-refractivity contribution >= 4 is 11.9 Å². The van der Waals surface area contributed by atoms with Gasteiger partial charge in [0.25, 0.3) is 0 Å². The van der Waals surface area contributed by atoms with Crippen LogP contribution >= 0.6 is 0 Å². The predicted octanol–water partition coefficient (Wildman–Crippen LogP) is 2.25. The van der Waals surface area contributed by atoms with E-state index in [9.17, 15) is 9.59 Å². The molecule has 0 aliphatic carbocycles. The average molecular weight is 303 g/mol. The number of piperidine rings is 1. The summed E-state index contributed by atoms with van der Waals surface area (Å²) in [6.07, 6.45) is 2.30.